The number of ether oxygens (including phenoxy) is 1. The largest absolute Gasteiger partial charge is 0.434 e. The number of carbonyl (C=O) groups is 2. The van der Waals surface area contributed by atoms with Crippen LogP contribution in [-0.2, 0) is 9.59 Å². The standard InChI is InChI=1S/C23H31F2N3O3/c24-23(25)31-20-7-2-1-6-18(20)8-9-21(29)28-16-10-19(11-17-28)22(30)26-12-5-15-27-13-3-4-14-27/h1-2,6-9,19,23H,3-5,10-17H2,(H,26,30)/b9-8+. The van der Waals surface area contributed by atoms with Crippen LogP contribution in [0.5, 0.6) is 5.75 Å². The molecule has 0 unspecified atom stereocenters. The van der Waals surface area contributed by atoms with Gasteiger partial charge in [-0.15, -0.1) is 0 Å². The lowest BCUT2D eigenvalue weighted by atomic mass is 9.95. The zero-order valence-electron chi connectivity index (χ0n) is 17.8. The molecule has 2 saturated heterocycles. The zero-order valence-corrected chi connectivity index (χ0v) is 17.8. The number of para-hydroxylation sites is 1. The van der Waals surface area contributed by atoms with Gasteiger partial charge in [-0.2, -0.15) is 8.78 Å². The third kappa shape index (κ3) is 7.31. The number of hydrogen-bond donors (Lipinski definition) is 1. The van der Waals surface area contributed by atoms with Crippen LogP contribution in [0.25, 0.3) is 6.08 Å². The third-order valence-electron chi connectivity index (χ3n) is 5.87. The van der Waals surface area contributed by atoms with Crippen molar-refractivity contribution in [1.29, 1.82) is 0 Å². The molecule has 1 aromatic rings. The molecule has 2 fully saturated rings. The lowest BCUT2D eigenvalue weighted by Gasteiger charge is -2.30. The number of nitrogens with zero attached hydrogens (tertiary/aromatic N) is 2. The normalized spacial score (nSPS) is 18.1. The zero-order chi connectivity index (χ0) is 22.1. The Bertz CT molecular complexity index is 758. The summed E-state index contributed by atoms with van der Waals surface area (Å²) in [5.74, 6) is -0.167. The second-order valence-corrected chi connectivity index (χ2v) is 8.04. The maximum absolute atomic E-state index is 12.5. The van der Waals surface area contributed by atoms with Gasteiger partial charge in [-0.25, -0.2) is 0 Å². The number of benzene rings is 1. The molecule has 0 aliphatic carbocycles. The van der Waals surface area contributed by atoms with Crippen molar-refractivity contribution in [1.82, 2.24) is 15.1 Å². The van der Waals surface area contributed by atoms with E-state index in [1.165, 1.54) is 44.1 Å². The van der Waals surface area contributed by atoms with Crippen molar-refractivity contribution in [3.05, 3.63) is 35.9 Å². The fourth-order valence-electron chi connectivity index (χ4n) is 4.11. The maximum Gasteiger partial charge on any atom is 0.387 e. The van der Waals surface area contributed by atoms with Gasteiger partial charge in [0.15, 0.2) is 0 Å². The molecule has 2 aliphatic rings. The van der Waals surface area contributed by atoms with Crippen LogP contribution in [0.3, 0.4) is 0 Å². The van der Waals surface area contributed by atoms with Crippen LogP contribution in [0.2, 0.25) is 0 Å². The van der Waals surface area contributed by atoms with Crippen molar-refractivity contribution in [2.75, 3.05) is 39.3 Å². The molecule has 0 atom stereocenters. The maximum atomic E-state index is 12.5. The highest BCUT2D eigenvalue weighted by Crippen LogP contribution is 2.22. The van der Waals surface area contributed by atoms with Crippen molar-refractivity contribution in [2.45, 2.75) is 38.7 Å². The Hall–Kier alpha value is -2.48. The van der Waals surface area contributed by atoms with Gasteiger partial charge < -0.3 is 19.9 Å². The lowest BCUT2D eigenvalue weighted by Crippen LogP contribution is -2.42. The first-order chi connectivity index (χ1) is 15.0. The van der Waals surface area contributed by atoms with Gasteiger partial charge in [0.2, 0.25) is 11.8 Å². The second kappa shape index (κ2) is 11.8. The topological polar surface area (TPSA) is 61.9 Å². The molecular formula is C23H31F2N3O3. The molecule has 0 radical (unpaired) electrons. The molecule has 0 aromatic heterocycles. The van der Waals surface area contributed by atoms with Gasteiger partial charge in [-0.05, 0) is 63.9 Å². The first-order valence-electron chi connectivity index (χ1n) is 11.0. The summed E-state index contributed by atoms with van der Waals surface area (Å²) >= 11 is 0. The average Bonchev–Trinajstić information content (AvgIpc) is 3.29. The number of alkyl halides is 2. The summed E-state index contributed by atoms with van der Waals surface area (Å²) in [6.07, 6.45) is 7.62. The van der Waals surface area contributed by atoms with Gasteiger partial charge in [-0.3, -0.25) is 9.59 Å². The van der Waals surface area contributed by atoms with Crippen LogP contribution in [0.1, 0.15) is 37.7 Å². The number of carbonyl (C=O) groups excluding carboxylic acids is 2. The molecule has 0 saturated carbocycles. The number of nitrogens with one attached hydrogen (secondary N) is 1. The van der Waals surface area contributed by atoms with Crippen LogP contribution < -0.4 is 10.1 Å². The predicted octanol–water partition coefficient (Wildman–Crippen LogP) is 3.14. The van der Waals surface area contributed by atoms with Gasteiger partial charge in [0.25, 0.3) is 0 Å². The fraction of sp³-hybridized carbons (Fsp3) is 0.565. The van der Waals surface area contributed by atoms with Crippen molar-refractivity contribution in [3.63, 3.8) is 0 Å². The highest BCUT2D eigenvalue weighted by Gasteiger charge is 2.26. The fourth-order valence-corrected chi connectivity index (χ4v) is 4.11. The molecular weight excluding hydrogens is 404 g/mol. The van der Waals surface area contributed by atoms with E-state index in [1.807, 2.05) is 0 Å². The Kier molecular flexibility index (Phi) is 8.82. The van der Waals surface area contributed by atoms with E-state index in [2.05, 4.69) is 15.0 Å². The van der Waals surface area contributed by atoms with Crippen molar-refractivity contribution >= 4 is 17.9 Å². The summed E-state index contributed by atoms with van der Waals surface area (Å²) in [7, 11) is 0. The minimum absolute atomic E-state index is 0.0293. The Morgan fingerprint density at radius 3 is 2.55 bits per heavy atom. The van der Waals surface area contributed by atoms with E-state index in [0.717, 1.165) is 13.0 Å². The molecule has 2 aliphatic heterocycles. The molecule has 6 nitrogen and oxygen atoms in total. The average molecular weight is 436 g/mol. The number of halogens is 2. The summed E-state index contributed by atoms with van der Waals surface area (Å²) < 4.78 is 29.5. The lowest BCUT2D eigenvalue weighted by molar-refractivity contribution is -0.132. The van der Waals surface area contributed by atoms with Crippen LogP contribution >= 0.6 is 0 Å². The van der Waals surface area contributed by atoms with Crippen molar-refractivity contribution < 1.29 is 23.1 Å². The number of piperidine rings is 1. The van der Waals surface area contributed by atoms with E-state index in [9.17, 15) is 18.4 Å². The van der Waals surface area contributed by atoms with Crippen molar-refractivity contribution in [2.24, 2.45) is 5.92 Å². The highest BCUT2D eigenvalue weighted by atomic mass is 19.3. The predicted molar refractivity (Wildman–Crippen MR) is 115 cm³/mol. The van der Waals surface area contributed by atoms with Gasteiger partial charge in [0, 0.05) is 37.2 Å². The van der Waals surface area contributed by atoms with Gasteiger partial charge >= 0.3 is 6.61 Å². The monoisotopic (exact) mass is 435 g/mol. The van der Waals surface area contributed by atoms with Gasteiger partial charge in [-0.1, -0.05) is 18.2 Å². The number of amides is 2. The molecule has 1 N–H and O–H groups in total. The first kappa shape index (κ1) is 23.2. The Labute approximate surface area is 182 Å². The Morgan fingerprint density at radius 1 is 1.13 bits per heavy atom. The molecule has 2 heterocycles. The number of likely N-dealkylation sites (tertiary alicyclic amines) is 2. The van der Waals surface area contributed by atoms with E-state index in [1.54, 1.807) is 23.1 Å². The summed E-state index contributed by atoms with van der Waals surface area (Å²) in [5, 5.41) is 3.03. The number of hydrogen-bond acceptors (Lipinski definition) is 4. The molecule has 0 spiro atoms. The van der Waals surface area contributed by atoms with Gasteiger partial charge in [0.1, 0.15) is 5.75 Å². The third-order valence-corrected chi connectivity index (χ3v) is 5.87. The van der Waals surface area contributed by atoms with Crippen LogP contribution in [-0.4, -0.2) is 67.5 Å². The van der Waals surface area contributed by atoms with Crippen LogP contribution in [0, 0.1) is 5.92 Å². The molecule has 3 rings (SSSR count). The molecule has 31 heavy (non-hydrogen) atoms. The minimum Gasteiger partial charge on any atom is -0.434 e. The molecule has 8 heteroatoms. The van der Waals surface area contributed by atoms with Gasteiger partial charge in [0.05, 0.1) is 0 Å². The summed E-state index contributed by atoms with van der Waals surface area (Å²) in [6.45, 7) is 2.14. The van der Waals surface area contributed by atoms with Crippen molar-refractivity contribution in [3.8, 4) is 5.75 Å². The van der Waals surface area contributed by atoms with E-state index in [4.69, 9.17) is 0 Å². The quantitative estimate of drug-likeness (QED) is 0.478. The summed E-state index contributed by atoms with van der Waals surface area (Å²) in [6, 6.07) is 6.34. The molecule has 0 bridgehead atoms. The van der Waals surface area contributed by atoms with Crippen LogP contribution in [0.15, 0.2) is 30.3 Å². The molecule has 2 amide bonds. The summed E-state index contributed by atoms with van der Waals surface area (Å²) in [4.78, 5) is 29.0. The van der Waals surface area contributed by atoms with Crippen LogP contribution in [0.4, 0.5) is 8.78 Å². The van der Waals surface area contributed by atoms with E-state index in [-0.39, 0.29) is 23.5 Å². The minimum atomic E-state index is -2.92. The highest BCUT2D eigenvalue weighted by molar-refractivity contribution is 5.92. The Morgan fingerprint density at radius 2 is 1.84 bits per heavy atom. The molecule has 170 valence electrons. The summed E-state index contributed by atoms with van der Waals surface area (Å²) in [5.41, 5.74) is 0.416. The molecule has 1 aromatic carbocycles. The SMILES string of the molecule is O=C(NCCCN1CCCC1)C1CCN(C(=O)/C=C/c2ccccc2OC(F)F)CC1. The smallest absolute Gasteiger partial charge is 0.387 e. The first-order valence-corrected chi connectivity index (χ1v) is 11.0. The Balaban J connectivity index is 1.39. The number of rotatable bonds is 9. The van der Waals surface area contributed by atoms with E-state index >= 15 is 0 Å². The van der Waals surface area contributed by atoms with E-state index < -0.39 is 6.61 Å². The second-order valence-electron chi connectivity index (χ2n) is 8.04. The van der Waals surface area contributed by atoms with E-state index in [0.29, 0.717) is 38.0 Å².